The van der Waals surface area contributed by atoms with Crippen molar-refractivity contribution in [2.45, 2.75) is 79.9 Å². The number of aryl methyl sites for hydroxylation is 1. The fourth-order valence-corrected chi connectivity index (χ4v) is 5.18. The quantitative estimate of drug-likeness (QED) is 0.742. The molecule has 1 aromatic heterocycles. The van der Waals surface area contributed by atoms with Crippen molar-refractivity contribution < 1.29 is 14.0 Å². The molecule has 27 heavy (non-hydrogen) atoms. The van der Waals surface area contributed by atoms with Crippen molar-refractivity contribution in [3.63, 3.8) is 0 Å². The van der Waals surface area contributed by atoms with Crippen LogP contribution < -0.4 is 4.57 Å². The number of aromatic nitrogens is 2. The lowest BCUT2D eigenvalue weighted by atomic mass is 9.58. The van der Waals surface area contributed by atoms with Gasteiger partial charge >= 0.3 is 0 Å². The monoisotopic (exact) mass is 373 g/mol. The highest BCUT2D eigenvalue weighted by Gasteiger charge is 2.65. The van der Waals surface area contributed by atoms with Crippen LogP contribution in [0.25, 0.3) is 5.57 Å². The standard InChI is InChI=1S/C23H37N2O2/c1-13-14(2)18(19-17(13)15(3)25(10)16(4)24-19)20-21(5,6)22(7,8)23(9,27-20)12-26-11/h18,20H,12H2,1-11H3/q+1. The summed E-state index contributed by atoms with van der Waals surface area (Å²) in [5.41, 5.74) is 6.12. The summed E-state index contributed by atoms with van der Waals surface area (Å²) >= 11 is 0. The number of hydrogen-bond donors (Lipinski definition) is 0. The average molecular weight is 374 g/mol. The molecule has 0 amide bonds. The molecular formula is C23H37N2O2+. The molecule has 1 fully saturated rings. The molecule has 3 unspecified atom stereocenters. The zero-order valence-electron chi connectivity index (χ0n) is 19.1. The summed E-state index contributed by atoms with van der Waals surface area (Å²) in [6, 6.07) is 0. The number of nitrogens with zero attached hydrogens (tertiary/aromatic N) is 2. The van der Waals surface area contributed by atoms with Gasteiger partial charge in [-0.2, -0.15) is 0 Å². The van der Waals surface area contributed by atoms with Crippen LogP contribution in [0.4, 0.5) is 0 Å². The lowest BCUT2D eigenvalue weighted by molar-refractivity contribution is -0.687. The summed E-state index contributed by atoms with van der Waals surface area (Å²) < 4.78 is 14.7. The van der Waals surface area contributed by atoms with Crippen molar-refractivity contribution >= 4 is 5.57 Å². The number of fused-ring (bicyclic) bond motifs is 1. The largest absolute Gasteiger partial charge is 0.382 e. The highest BCUT2D eigenvalue weighted by Crippen LogP contribution is 2.63. The zero-order chi connectivity index (χ0) is 20.5. The third-order valence-electron chi connectivity index (χ3n) is 8.37. The van der Waals surface area contributed by atoms with Crippen LogP contribution in [0.1, 0.15) is 77.2 Å². The molecule has 1 aromatic rings. The third-order valence-corrected chi connectivity index (χ3v) is 8.37. The van der Waals surface area contributed by atoms with Gasteiger partial charge in [-0.1, -0.05) is 33.3 Å². The Bertz CT molecular complexity index is 822. The minimum Gasteiger partial charge on any atom is -0.382 e. The van der Waals surface area contributed by atoms with Crippen molar-refractivity contribution in [2.75, 3.05) is 13.7 Å². The Morgan fingerprint density at radius 1 is 1.07 bits per heavy atom. The Kier molecular flexibility index (Phi) is 4.64. The van der Waals surface area contributed by atoms with Gasteiger partial charge in [0.05, 0.1) is 36.8 Å². The predicted molar refractivity (Wildman–Crippen MR) is 109 cm³/mol. The Morgan fingerprint density at radius 3 is 2.22 bits per heavy atom. The van der Waals surface area contributed by atoms with Crippen LogP contribution in [-0.2, 0) is 16.5 Å². The summed E-state index contributed by atoms with van der Waals surface area (Å²) in [5, 5.41) is 0. The minimum absolute atomic E-state index is 0.0321. The molecule has 2 heterocycles. The molecule has 3 atom stereocenters. The van der Waals surface area contributed by atoms with E-state index in [0.717, 1.165) is 5.82 Å². The van der Waals surface area contributed by atoms with Crippen molar-refractivity contribution in [1.82, 2.24) is 4.98 Å². The molecule has 0 aromatic carbocycles. The van der Waals surface area contributed by atoms with E-state index in [4.69, 9.17) is 14.5 Å². The fraction of sp³-hybridized carbons (Fsp3) is 0.739. The Hall–Kier alpha value is -1.26. The smallest absolute Gasteiger partial charge is 0.295 e. The second kappa shape index (κ2) is 6.12. The van der Waals surface area contributed by atoms with E-state index in [9.17, 15) is 0 Å². The van der Waals surface area contributed by atoms with E-state index in [1.54, 1.807) is 7.11 Å². The molecule has 0 saturated carbocycles. The first-order valence-electron chi connectivity index (χ1n) is 10.0. The maximum absolute atomic E-state index is 6.88. The van der Waals surface area contributed by atoms with Gasteiger partial charge in [0, 0.05) is 19.4 Å². The summed E-state index contributed by atoms with van der Waals surface area (Å²) in [5.74, 6) is 1.24. The summed E-state index contributed by atoms with van der Waals surface area (Å²) in [7, 11) is 3.86. The van der Waals surface area contributed by atoms with Gasteiger partial charge in [0.15, 0.2) is 5.69 Å². The molecule has 0 bridgehead atoms. The first-order chi connectivity index (χ1) is 12.3. The number of rotatable bonds is 3. The van der Waals surface area contributed by atoms with Crippen molar-refractivity contribution in [3.05, 3.63) is 28.3 Å². The van der Waals surface area contributed by atoms with Gasteiger partial charge in [-0.15, -0.1) is 0 Å². The summed E-state index contributed by atoms with van der Waals surface area (Å²) in [6.07, 6.45) is 0.0582. The van der Waals surface area contributed by atoms with Gasteiger partial charge in [0.1, 0.15) is 5.69 Å². The molecule has 0 radical (unpaired) electrons. The normalized spacial score (nSPS) is 31.5. The van der Waals surface area contributed by atoms with Crippen molar-refractivity contribution in [1.29, 1.82) is 0 Å². The molecule has 1 aliphatic heterocycles. The van der Waals surface area contributed by atoms with Gasteiger partial charge in [-0.3, -0.25) is 0 Å². The van der Waals surface area contributed by atoms with Crippen LogP contribution in [-0.4, -0.2) is 30.4 Å². The third kappa shape index (κ3) is 2.49. The van der Waals surface area contributed by atoms with E-state index < -0.39 is 0 Å². The van der Waals surface area contributed by atoms with E-state index in [2.05, 4.69) is 73.9 Å². The second-order valence-electron chi connectivity index (χ2n) is 9.90. The van der Waals surface area contributed by atoms with E-state index in [0.29, 0.717) is 6.61 Å². The van der Waals surface area contributed by atoms with Crippen LogP contribution in [0, 0.1) is 24.7 Å². The maximum atomic E-state index is 6.88. The first kappa shape index (κ1) is 20.5. The van der Waals surface area contributed by atoms with Crippen LogP contribution >= 0.6 is 0 Å². The van der Waals surface area contributed by atoms with Crippen LogP contribution in [0.2, 0.25) is 0 Å². The van der Waals surface area contributed by atoms with Gasteiger partial charge in [0.25, 0.3) is 5.82 Å². The Morgan fingerprint density at radius 2 is 1.67 bits per heavy atom. The molecule has 4 nitrogen and oxygen atoms in total. The minimum atomic E-state index is -0.337. The van der Waals surface area contributed by atoms with E-state index in [1.807, 2.05) is 0 Å². The van der Waals surface area contributed by atoms with Gasteiger partial charge in [-0.25, -0.2) is 4.57 Å². The molecule has 0 spiro atoms. The summed E-state index contributed by atoms with van der Waals surface area (Å²) in [4.78, 5) is 5.06. The number of hydrogen-bond acceptors (Lipinski definition) is 3. The second-order valence-corrected chi connectivity index (χ2v) is 9.90. The molecule has 2 aliphatic rings. The molecule has 4 heteroatoms. The van der Waals surface area contributed by atoms with Crippen LogP contribution in [0.5, 0.6) is 0 Å². The lowest BCUT2D eigenvalue weighted by Crippen LogP contribution is -2.48. The summed E-state index contributed by atoms with van der Waals surface area (Å²) in [6.45, 7) is 20.9. The first-order valence-corrected chi connectivity index (χ1v) is 10.0. The molecular weight excluding hydrogens is 336 g/mol. The van der Waals surface area contributed by atoms with E-state index >= 15 is 0 Å². The average Bonchev–Trinajstić information content (AvgIpc) is 2.88. The maximum Gasteiger partial charge on any atom is 0.295 e. The van der Waals surface area contributed by atoms with Crippen LogP contribution in [0.15, 0.2) is 5.57 Å². The predicted octanol–water partition coefficient (Wildman–Crippen LogP) is 4.27. The molecule has 1 aliphatic carbocycles. The molecule has 3 rings (SSSR count). The zero-order valence-corrected chi connectivity index (χ0v) is 19.1. The molecule has 150 valence electrons. The van der Waals surface area contributed by atoms with Gasteiger partial charge < -0.3 is 9.47 Å². The van der Waals surface area contributed by atoms with Crippen molar-refractivity contribution in [3.8, 4) is 0 Å². The van der Waals surface area contributed by atoms with Crippen molar-refractivity contribution in [2.24, 2.45) is 17.9 Å². The molecule has 1 saturated heterocycles. The SMILES string of the molecule is COCC1(C)OC(C2C(C)=C(C)c3c2nc(C)[n+](C)c3C)C(C)(C)C1(C)C. The van der Waals surface area contributed by atoms with Gasteiger partial charge in [0.2, 0.25) is 0 Å². The van der Waals surface area contributed by atoms with Gasteiger partial charge in [-0.05, 0) is 43.7 Å². The lowest BCUT2D eigenvalue weighted by Gasteiger charge is -2.44. The fourth-order valence-electron chi connectivity index (χ4n) is 5.18. The van der Waals surface area contributed by atoms with E-state index in [1.165, 1.54) is 28.1 Å². The highest BCUT2D eigenvalue weighted by atomic mass is 16.6. The van der Waals surface area contributed by atoms with E-state index in [-0.39, 0.29) is 28.5 Å². The Balaban J connectivity index is 2.19. The van der Waals surface area contributed by atoms with Crippen LogP contribution in [0.3, 0.4) is 0 Å². The topological polar surface area (TPSA) is 35.2 Å². The number of allylic oxidation sites excluding steroid dienone is 1. The number of methoxy groups -OCH3 is 1. The number of ether oxygens (including phenoxy) is 2. The highest BCUT2D eigenvalue weighted by molar-refractivity contribution is 5.76. The molecule has 0 N–H and O–H groups in total. The Labute approximate surface area is 165 Å².